The molecule has 1 aliphatic heterocycles. The summed E-state index contributed by atoms with van der Waals surface area (Å²) in [4.78, 5) is 15.7. The van der Waals surface area contributed by atoms with E-state index in [1.54, 1.807) is 0 Å². The van der Waals surface area contributed by atoms with Crippen molar-refractivity contribution < 1.29 is 4.42 Å². The monoisotopic (exact) mass is 417 g/mol. The van der Waals surface area contributed by atoms with Crippen molar-refractivity contribution in [3.63, 3.8) is 0 Å². The maximum Gasteiger partial charge on any atom is 0.203 e. The standard InChI is InChI=1S/C22H28BrNO2/c1-14-12-16(6-9-23)20-17(13-14)19(25)18(15-4-5-15)21(26-20)24-10-7-22(2,3)8-11-24/h12-13,15H,4-11H2,1-3H3. The number of rotatable bonds is 4. The molecule has 2 fully saturated rings. The molecule has 0 bridgehead atoms. The molecule has 3 nitrogen and oxygen atoms in total. The van der Waals surface area contributed by atoms with Crippen LogP contribution in [0.15, 0.2) is 21.3 Å². The third kappa shape index (κ3) is 3.33. The lowest BCUT2D eigenvalue weighted by Gasteiger charge is -2.37. The van der Waals surface area contributed by atoms with Crippen LogP contribution in [0, 0.1) is 12.3 Å². The first kappa shape index (κ1) is 18.1. The minimum absolute atomic E-state index is 0.202. The molecule has 0 spiro atoms. The summed E-state index contributed by atoms with van der Waals surface area (Å²) in [5, 5.41) is 1.64. The van der Waals surface area contributed by atoms with Crippen LogP contribution in [0.3, 0.4) is 0 Å². The molecule has 1 aromatic heterocycles. The number of halogens is 1. The van der Waals surface area contributed by atoms with Gasteiger partial charge in [-0.3, -0.25) is 4.79 Å². The van der Waals surface area contributed by atoms with Gasteiger partial charge in [-0.25, -0.2) is 0 Å². The van der Waals surface area contributed by atoms with Gasteiger partial charge in [-0.15, -0.1) is 0 Å². The smallest absolute Gasteiger partial charge is 0.203 e. The molecule has 2 aliphatic rings. The van der Waals surface area contributed by atoms with E-state index >= 15 is 0 Å². The van der Waals surface area contributed by atoms with Crippen LogP contribution in [0.25, 0.3) is 11.0 Å². The number of piperidine rings is 1. The Balaban J connectivity index is 1.88. The van der Waals surface area contributed by atoms with Gasteiger partial charge in [0.2, 0.25) is 5.88 Å². The fourth-order valence-corrected chi connectivity index (χ4v) is 4.53. The number of hydrogen-bond acceptors (Lipinski definition) is 3. The molecular formula is C22H28BrNO2. The van der Waals surface area contributed by atoms with E-state index in [9.17, 15) is 4.79 Å². The van der Waals surface area contributed by atoms with E-state index in [0.29, 0.717) is 11.3 Å². The first-order chi connectivity index (χ1) is 12.4. The second kappa shape index (κ2) is 6.70. The van der Waals surface area contributed by atoms with E-state index in [2.05, 4.69) is 47.7 Å². The Morgan fingerprint density at radius 2 is 1.92 bits per heavy atom. The molecule has 4 heteroatoms. The van der Waals surface area contributed by atoms with Crippen LogP contribution in [0.1, 0.15) is 62.1 Å². The minimum Gasteiger partial charge on any atom is -0.440 e. The number of nitrogens with zero attached hydrogens (tertiary/aromatic N) is 1. The number of hydrogen-bond donors (Lipinski definition) is 0. The van der Waals surface area contributed by atoms with Crippen LogP contribution >= 0.6 is 15.9 Å². The normalized spacial score (nSPS) is 19.9. The van der Waals surface area contributed by atoms with E-state index in [1.807, 2.05) is 6.07 Å². The van der Waals surface area contributed by atoms with Crippen LogP contribution in [-0.2, 0) is 6.42 Å². The van der Waals surface area contributed by atoms with Crippen molar-refractivity contribution in [1.82, 2.24) is 0 Å². The molecule has 0 unspecified atom stereocenters. The van der Waals surface area contributed by atoms with Crippen molar-refractivity contribution in [3.05, 3.63) is 39.0 Å². The van der Waals surface area contributed by atoms with E-state index in [1.165, 1.54) is 0 Å². The van der Waals surface area contributed by atoms with Crippen LogP contribution in [0.4, 0.5) is 5.88 Å². The van der Waals surface area contributed by atoms with Gasteiger partial charge >= 0.3 is 0 Å². The summed E-state index contributed by atoms with van der Waals surface area (Å²) in [6, 6.07) is 4.17. The van der Waals surface area contributed by atoms with Crippen molar-refractivity contribution in [2.75, 3.05) is 23.3 Å². The Morgan fingerprint density at radius 1 is 1.23 bits per heavy atom. The molecule has 0 N–H and O–H groups in total. The number of aryl methyl sites for hydroxylation is 2. The average Bonchev–Trinajstić information content (AvgIpc) is 3.40. The van der Waals surface area contributed by atoms with Gasteiger partial charge in [0.1, 0.15) is 5.58 Å². The molecule has 1 aromatic carbocycles. The second-order valence-electron chi connectivity index (χ2n) is 8.82. The van der Waals surface area contributed by atoms with Gasteiger partial charge in [-0.2, -0.15) is 0 Å². The number of alkyl halides is 1. The van der Waals surface area contributed by atoms with Crippen molar-refractivity contribution in [2.24, 2.45) is 5.41 Å². The lowest BCUT2D eigenvalue weighted by atomic mass is 9.82. The van der Waals surface area contributed by atoms with Gasteiger partial charge in [0.15, 0.2) is 5.43 Å². The quantitative estimate of drug-likeness (QED) is 0.611. The van der Waals surface area contributed by atoms with Crippen molar-refractivity contribution in [2.45, 2.75) is 58.8 Å². The maximum atomic E-state index is 13.4. The molecular weight excluding hydrogens is 390 g/mol. The van der Waals surface area contributed by atoms with E-state index in [4.69, 9.17) is 4.42 Å². The molecule has 0 atom stereocenters. The van der Waals surface area contributed by atoms with Crippen molar-refractivity contribution in [3.8, 4) is 0 Å². The second-order valence-corrected chi connectivity index (χ2v) is 9.61. The first-order valence-corrected chi connectivity index (χ1v) is 10.9. The summed E-state index contributed by atoms with van der Waals surface area (Å²) in [6.07, 6.45) is 5.38. The molecule has 1 aliphatic carbocycles. The predicted molar refractivity (Wildman–Crippen MR) is 112 cm³/mol. The van der Waals surface area contributed by atoms with E-state index in [0.717, 1.165) is 84.1 Å². The Morgan fingerprint density at radius 3 is 2.54 bits per heavy atom. The molecule has 140 valence electrons. The third-order valence-electron chi connectivity index (χ3n) is 5.98. The maximum absolute atomic E-state index is 13.4. The SMILES string of the molecule is Cc1cc(CCBr)c2oc(N3CCC(C)(C)CC3)c(C3CC3)c(=O)c2c1. The molecule has 1 saturated heterocycles. The van der Waals surface area contributed by atoms with E-state index < -0.39 is 0 Å². The summed E-state index contributed by atoms with van der Waals surface area (Å²) in [5.74, 6) is 1.25. The summed E-state index contributed by atoms with van der Waals surface area (Å²) >= 11 is 3.54. The Hall–Kier alpha value is -1.29. The number of benzene rings is 1. The zero-order chi connectivity index (χ0) is 18.5. The van der Waals surface area contributed by atoms with Crippen LogP contribution < -0.4 is 10.3 Å². The van der Waals surface area contributed by atoms with Gasteiger partial charge in [0.05, 0.1) is 10.9 Å². The highest BCUT2D eigenvalue weighted by Crippen LogP contribution is 2.45. The average molecular weight is 418 g/mol. The molecule has 2 aromatic rings. The van der Waals surface area contributed by atoms with E-state index in [-0.39, 0.29) is 5.43 Å². The number of anilines is 1. The highest BCUT2D eigenvalue weighted by atomic mass is 79.9. The van der Waals surface area contributed by atoms with Crippen LogP contribution in [-0.4, -0.2) is 18.4 Å². The molecule has 0 amide bonds. The summed E-state index contributed by atoms with van der Waals surface area (Å²) in [7, 11) is 0. The van der Waals surface area contributed by atoms with Crippen LogP contribution in [0.2, 0.25) is 0 Å². The van der Waals surface area contributed by atoms with Crippen molar-refractivity contribution in [1.29, 1.82) is 0 Å². The zero-order valence-electron chi connectivity index (χ0n) is 16.0. The number of fused-ring (bicyclic) bond motifs is 1. The largest absolute Gasteiger partial charge is 0.440 e. The topological polar surface area (TPSA) is 33.5 Å². The predicted octanol–water partition coefficient (Wildman–Crippen LogP) is 5.54. The lowest BCUT2D eigenvalue weighted by molar-refractivity contribution is 0.274. The van der Waals surface area contributed by atoms with Gasteiger partial charge < -0.3 is 9.32 Å². The molecule has 1 saturated carbocycles. The fourth-order valence-electron chi connectivity index (χ4n) is 4.10. The van der Waals surface area contributed by atoms with Crippen molar-refractivity contribution >= 4 is 32.8 Å². The van der Waals surface area contributed by atoms with Crippen LogP contribution in [0.5, 0.6) is 0 Å². The lowest BCUT2D eigenvalue weighted by Crippen LogP contribution is -2.38. The molecule has 26 heavy (non-hydrogen) atoms. The highest BCUT2D eigenvalue weighted by Gasteiger charge is 2.35. The highest BCUT2D eigenvalue weighted by molar-refractivity contribution is 9.09. The van der Waals surface area contributed by atoms with Gasteiger partial charge in [-0.05, 0) is 67.6 Å². The third-order valence-corrected chi connectivity index (χ3v) is 6.38. The molecule has 4 rings (SSSR count). The summed E-state index contributed by atoms with van der Waals surface area (Å²) in [6.45, 7) is 8.68. The minimum atomic E-state index is 0.202. The Labute approximate surface area is 163 Å². The summed E-state index contributed by atoms with van der Waals surface area (Å²) in [5.41, 5.74) is 4.58. The van der Waals surface area contributed by atoms with Gasteiger partial charge in [0.25, 0.3) is 0 Å². The Bertz CT molecular complexity index is 885. The first-order valence-electron chi connectivity index (χ1n) is 9.81. The molecule has 0 radical (unpaired) electrons. The zero-order valence-corrected chi connectivity index (χ0v) is 17.6. The molecule has 2 heterocycles. The summed E-state index contributed by atoms with van der Waals surface area (Å²) < 4.78 is 6.53. The Kier molecular flexibility index (Phi) is 4.66. The van der Waals surface area contributed by atoms with Gasteiger partial charge in [-0.1, -0.05) is 35.8 Å². The fraction of sp³-hybridized carbons (Fsp3) is 0.591. The van der Waals surface area contributed by atoms with Gasteiger partial charge in [0, 0.05) is 18.4 Å².